The molecule has 2 N–H and O–H groups in total. The number of aliphatic imine (C=N–C) groups is 1. The van der Waals surface area contributed by atoms with Gasteiger partial charge >= 0.3 is 0 Å². The number of hydrogen-bond donors (Lipinski definition) is 2. The average molecular weight is 411 g/mol. The lowest BCUT2D eigenvalue weighted by Gasteiger charge is -2.21. The lowest BCUT2D eigenvalue weighted by atomic mass is 10.2. The highest BCUT2D eigenvalue weighted by atomic mass is 32.2. The fourth-order valence-corrected chi connectivity index (χ4v) is 4.48. The van der Waals surface area contributed by atoms with Gasteiger partial charge in [0.25, 0.3) is 0 Å². The quantitative estimate of drug-likeness (QED) is 0.408. The number of rotatable bonds is 7. The van der Waals surface area contributed by atoms with Gasteiger partial charge in [-0.3, -0.25) is 4.79 Å². The maximum Gasteiger partial charge on any atom is 0.221 e. The number of carbonyl (C=O) groups is 1. The van der Waals surface area contributed by atoms with Crippen LogP contribution in [0.15, 0.2) is 64.5 Å². The minimum Gasteiger partial charge on any atom is -0.357 e. The molecule has 1 fully saturated rings. The third-order valence-corrected chi connectivity index (χ3v) is 6.05. The Hall–Kier alpha value is -2.47. The first-order valence-corrected chi connectivity index (χ1v) is 11.2. The van der Waals surface area contributed by atoms with Crippen LogP contribution >= 0.6 is 11.8 Å². The number of benzene rings is 2. The van der Waals surface area contributed by atoms with Crippen molar-refractivity contribution in [3.8, 4) is 0 Å². The highest BCUT2D eigenvalue weighted by Gasteiger charge is 2.24. The summed E-state index contributed by atoms with van der Waals surface area (Å²) in [6.45, 7) is 7.15. The van der Waals surface area contributed by atoms with Crippen molar-refractivity contribution in [3.63, 3.8) is 0 Å². The number of amides is 1. The van der Waals surface area contributed by atoms with Crippen LogP contribution in [-0.4, -0.2) is 42.2 Å². The van der Waals surface area contributed by atoms with Crippen molar-refractivity contribution in [2.75, 3.05) is 30.7 Å². The Morgan fingerprint density at radius 2 is 2.03 bits per heavy atom. The first-order valence-electron chi connectivity index (χ1n) is 10.2. The van der Waals surface area contributed by atoms with Gasteiger partial charge in [0, 0.05) is 42.9 Å². The maximum absolute atomic E-state index is 11.3. The van der Waals surface area contributed by atoms with Crippen LogP contribution in [0.2, 0.25) is 0 Å². The van der Waals surface area contributed by atoms with Gasteiger partial charge in [-0.25, -0.2) is 4.99 Å². The molecule has 2 aromatic rings. The van der Waals surface area contributed by atoms with Crippen LogP contribution in [0.5, 0.6) is 0 Å². The van der Waals surface area contributed by atoms with Gasteiger partial charge < -0.3 is 15.5 Å². The second-order valence-corrected chi connectivity index (χ2v) is 8.37. The van der Waals surface area contributed by atoms with Crippen molar-refractivity contribution in [2.24, 2.45) is 10.9 Å². The molecule has 6 heteroatoms. The highest BCUT2D eigenvalue weighted by Crippen LogP contribution is 2.26. The molecule has 0 aromatic heterocycles. The van der Waals surface area contributed by atoms with Gasteiger partial charge in [0.05, 0.1) is 6.54 Å². The fourth-order valence-electron chi connectivity index (χ4n) is 3.43. The molecule has 5 nitrogen and oxygen atoms in total. The first-order chi connectivity index (χ1) is 14.1. The van der Waals surface area contributed by atoms with Crippen LogP contribution in [0.3, 0.4) is 0 Å². The summed E-state index contributed by atoms with van der Waals surface area (Å²) in [5.74, 6) is 2.73. The molecule has 154 valence electrons. The Balaban J connectivity index is 1.57. The molecule has 2 aromatic carbocycles. The van der Waals surface area contributed by atoms with Gasteiger partial charge in [0.15, 0.2) is 5.96 Å². The van der Waals surface area contributed by atoms with Crippen molar-refractivity contribution in [1.29, 1.82) is 0 Å². The molecule has 0 radical (unpaired) electrons. The zero-order valence-electron chi connectivity index (χ0n) is 17.2. The monoisotopic (exact) mass is 410 g/mol. The van der Waals surface area contributed by atoms with Crippen molar-refractivity contribution in [3.05, 3.63) is 60.2 Å². The van der Waals surface area contributed by atoms with Crippen molar-refractivity contribution < 1.29 is 4.79 Å². The van der Waals surface area contributed by atoms with Crippen molar-refractivity contribution in [1.82, 2.24) is 10.2 Å². The van der Waals surface area contributed by atoms with E-state index in [9.17, 15) is 4.79 Å². The lowest BCUT2D eigenvalue weighted by Crippen LogP contribution is -2.40. The number of hydrogen-bond acceptors (Lipinski definition) is 3. The molecule has 0 saturated carbocycles. The zero-order chi connectivity index (χ0) is 20.5. The van der Waals surface area contributed by atoms with Gasteiger partial charge in [-0.15, -0.1) is 11.8 Å². The number of guanidine groups is 1. The zero-order valence-corrected chi connectivity index (χ0v) is 18.0. The van der Waals surface area contributed by atoms with Crippen LogP contribution in [0.1, 0.15) is 25.8 Å². The molecule has 1 unspecified atom stereocenters. The smallest absolute Gasteiger partial charge is 0.221 e. The standard InChI is InChI=1S/C23H30N4OS/c1-3-24-23(25-15-19-8-7-9-21(14-19)26-18(2)28)27-13-12-20(16-27)17-29-22-10-5-4-6-11-22/h4-11,14,20H,3,12-13,15-17H2,1-2H3,(H,24,25)(H,26,28). The Labute approximate surface area is 178 Å². The number of nitrogens with zero attached hydrogens (tertiary/aromatic N) is 2. The second kappa shape index (κ2) is 10.9. The van der Waals surface area contributed by atoms with E-state index in [0.717, 1.165) is 42.6 Å². The molecule has 0 spiro atoms. The SMILES string of the molecule is CCNC(=NCc1cccc(NC(C)=O)c1)N1CCC(CSc2ccccc2)C1. The largest absolute Gasteiger partial charge is 0.357 e. The molecule has 0 bridgehead atoms. The molecular formula is C23H30N4OS. The molecule has 29 heavy (non-hydrogen) atoms. The molecule has 1 atom stereocenters. The van der Waals surface area contributed by atoms with Gasteiger partial charge in [-0.1, -0.05) is 30.3 Å². The predicted octanol–water partition coefficient (Wildman–Crippen LogP) is 4.22. The van der Waals surface area contributed by atoms with Gasteiger partial charge in [0.2, 0.25) is 5.91 Å². The van der Waals surface area contributed by atoms with E-state index in [4.69, 9.17) is 4.99 Å². The average Bonchev–Trinajstić information content (AvgIpc) is 3.19. The summed E-state index contributed by atoms with van der Waals surface area (Å²) < 4.78 is 0. The number of carbonyl (C=O) groups excluding carboxylic acids is 1. The van der Waals surface area contributed by atoms with E-state index in [2.05, 4.69) is 52.8 Å². The van der Waals surface area contributed by atoms with Crippen LogP contribution in [0.25, 0.3) is 0 Å². The number of anilines is 1. The van der Waals surface area contributed by atoms with Gasteiger partial charge in [-0.2, -0.15) is 0 Å². The normalized spacial score (nSPS) is 16.7. The Bertz CT molecular complexity index is 825. The summed E-state index contributed by atoms with van der Waals surface area (Å²) in [6.07, 6.45) is 1.20. The minimum atomic E-state index is -0.0597. The van der Waals surface area contributed by atoms with Gasteiger partial charge in [0.1, 0.15) is 0 Å². The van der Waals surface area contributed by atoms with Crippen LogP contribution in [-0.2, 0) is 11.3 Å². The maximum atomic E-state index is 11.3. The Morgan fingerprint density at radius 1 is 1.21 bits per heavy atom. The number of thioether (sulfide) groups is 1. The van der Waals surface area contributed by atoms with Crippen molar-refractivity contribution in [2.45, 2.75) is 31.7 Å². The van der Waals surface area contributed by atoms with E-state index in [1.165, 1.54) is 18.2 Å². The topological polar surface area (TPSA) is 56.7 Å². The Kier molecular flexibility index (Phi) is 7.99. The van der Waals surface area contributed by atoms with E-state index >= 15 is 0 Å². The molecule has 1 aliphatic rings. The second-order valence-electron chi connectivity index (χ2n) is 7.28. The molecule has 1 aliphatic heterocycles. The van der Waals surface area contributed by atoms with Crippen LogP contribution in [0, 0.1) is 5.92 Å². The van der Waals surface area contributed by atoms with Crippen LogP contribution in [0.4, 0.5) is 5.69 Å². The summed E-state index contributed by atoms with van der Waals surface area (Å²) in [5, 5.41) is 6.27. The summed E-state index contributed by atoms with van der Waals surface area (Å²) in [5.41, 5.74) is 1.90. The molecular weight excluding hydrogens is 380 g/mol. The van der Waals surface area contributed by atoms with Gasteiger partial charge in [-0.05, 0) is 49.1 Å². The summed E-state index contributed by atoms with van der Waals surface area (Å²) in [4.78, 5) is 19.8. The molecule has 3 rings (SSSR count). The first kappa shape index (κ1) is 21.2. The fraction of sp³-hybridized carbons (Fsp3) is 0.391. The number of nitrogens with one attached hydrogen (secondary N) is 2. The van der Waals surface area contributed by atoms with Crippen LogP contribution < -0.4 is 10.6 Å². The third-order valence-electron chi connectivity index (χ3n) is 4.81. The third kappa shape index (κ3) is 6.82. The van der Waals surface area contributed by atoms with E-state index in [-0.39, 0.29) is 5.91 Å². The highest BCUT2D eigenvalue weighted by molar-refractivity contribution is 7.99. The minimum absolute atomic E-state index is 0.0597. The van der Waals surface area contributed by atoms with E-state index in [1.54, 1.807) is 0 Å². The summed E-state index contributed by atoms with van der Waals surface area (Å²) >= 11 is 1.94. The molecule has 0 aliphatic carbocycles. The summed E-state index contributed by atoms with van der Waals surface area (Å²) in [6, 6.07) is 18.5. The molecule has 1 heterocycles. The lowest BCUT2D eigenvalue weighted by molar-refractivity contribution is -0.114. The molecule has 1 amide bonds. The summed E-state index contributed by atoms with van der Waals surface area (Å²) in [7, 11) is 0. The van der Waals surface area contributed by atoms with Crippen molar-refractivity contribution >= 4 is 29.3 Å². The van der Waals surface area contributed by atoms with E-state index < -0.39 is 0 Å². The predicted molar refractivity (Wildman–Crippen MR) is 122 cm³/mol. The molecule has 1 saturated heterocycles. The number of likely N-dealkylation sites (tertiary alicyclic amines) is 1. The van der Waals surface area contributed by atoms with E-state index in [0.29, 0.717) is 12.5 Å². The van der Waals surface area contributed by atoms with E-state index in [1.807, 2.05) is 36.0 Å². The Morgan fingerprint density at radius 3 is 2.79 bits per heavy atom.